The third-order valence-electron chi connectivity index (χ3n) is 4.76. The fraction of sp³-hybridized carbons (Fsp3) is 1.00. The first kappa shape index (κ1) is 13.3. The van der Waals surface area contributed by atoms with Gasteiger partial charge in [-0.1, -0.05) is 13.3 Å². The van der Waals surface area contributed by atoms with E-state index in [2.05, 4.69) is 17.1 Å². The summed E-state index contributed by atoms with van der Waals surface area (Å²) < 4.78 is 0. The molecule has 2 rings (SSSR count). The van der Waals surface area contributed by atoms with Crippen molar-refractivity contribution in [2.24, 2.45) is 5.92 Å². The van der Waals surface area contributed by atoms with E-state index < -0.39 is 5.60 Å². The zero-order valence-electron chi connectivity index (χ0n) is 11.4. The van der Waals surface area contributed by atoms with Crippen LogP contribution in [-0.4, -0.2) is 47.8 Å². The normalized spacial score (nSPS) is 41.1. The molecule has 0 amide bonds. The zero-order chi connectivity index (χ0) is 12.3. The highest BCUT2D eigenvalue weighted by molar-refractivity contribution is 4.95. The Hall–Kier alpha value is -0.120. The number of aliphatic hydroxyl groups is 1. The number of hydrogen-bond donors (Lipinski definition) is 2. The molecule has 17 heavy (non-hydrogen) atoms. The minimum atomic E-state index is -0.503. The average Bonchev–Trinajstić information content (AvgIpc) is 2.53. The van der Waals surface area contributed by atoms with E-state index in [1.165, 1.54) is 38.8 Å². The van der Waals surface area contributed by atoms with Gasteiger partial charge in [0.1, 0.15) is 0 Å². The van der Waals surface area contributed by atoms with Gasteiger partial charge in [-0.3, -0.25) is 4.90 Å². The Morgan fingerprint density at radius 1 is 1.35 bits per heavy atom. The van der Waals surface area contributed by atoms with E-state index in [0.29, 0.717) is 6.04 Å². The summed E-state index contributed by atoms with van der Waals surface area (Å²) in [6.45, 7) is 8.55. The summed E-state index contributed by atoms with van der Waals surface area (Å²) in [6.07, 6.45) is 6.17. The maximum Gasteiger partial charge on any atom is 0.0798 e. The Labute approximate surface area is 106 Å². The van der Waals surface area contributed by atoms with E-state index in [1.54, 1.807) is 0 Å². The van der Waals surface area contributed by atoms with Crippen LogP contribution in [0.1, 0.15) is 46.0 Å². The van der Waals surface area contributed by atoms with Crippen molar-refractivity contribution in [3.63, 3.8) is 0 Å². The number of piperidine rings is 1. The van der Waals surface area contributed by atoms with Gasteiger partial charge in [0.05, 0.1) is 11.6 Å². The van der Waals surface area contributed by atoms with Crippen LogP contribution in [0, 0.1) is 5.92 Å². The van der Waals surface area contributed by atoms with Crippen LogP contribution in [0.5, 0.6) is 0 Å². The standard InChI is InChI=1S/C14H28N2O/c1-3-12-5-4-9-16(10-6-12)13-11-15-8-7-14(13,2)17/h12-13,15,17H,3-11H2,1-2H3. The van der Waals surface area contributed by atoms with Crippen LogP contribution in [0.15, 0.2) is 0 Å². The molecule has 0 aromatic heterocycles. The van der Waals surface area contributed by atoms with Gasteiger partial charge in [-0.2, -0.15) is 0 Å². The lowest BCUT2D eigenvalue weighted by Crippen LogP contribution is -2.60. The van der Waals surface area contributed by atoms with Crippen LogP contribution in [-0.2, 0) is 0 Å². The molecule has 0 spiro atoms. The summed E-state index contributed by atoms with van der Waals surface area (Å²) in [7, 11) is 0. The van der Waals surface area contributed by atoms with Gasteiger partial charge in [-0.25, -0.2) is 0 Å². The smallest absolute Gasteiger partial charge is 0.0798 e. The lowest BCUT2D eigenvalue weighted by Gasteiger charge is -2.44. The quantitative estimate of drug-likeness (QED) is 0.770. The molecule has 0 bridgehead atoms. The SMILES string of the molecule is CCC1CCCN(C2CNCCC2(C)O)CC1. The largest absolute Gasteiger partial charge is 0.388 e. The average molecular weight is 240 g/mol. The van der Waals surface area contributed by atoms with Crippen molar-refractivity contribution in [3.8, 4) is 0 Å². The highest BCUT2D eigenvalue weighted by atomic mass is 16.3. The molecule has 0 radical (unpaired) electrons. The van der Waals surface area contributed by atoms with Crippen molar-refractivity contribution < 1.29 is 5.11 Å². The molecule has 0 aromatic carbocycles. The fourth-order valence-corrected chi connectivity index (χ4v) is 3.40. The van der Waals surface area contributed by atoms with Crippen molar-refractivity contribution in [1.29, 1.82) is 0 Å². The predicted octanol–water partition coefficient (Wildman–Crippen LogP) is 1.61. The minimum absolute atomic E-state index is 0.312. The third-order valence-corrected chi connectivity index (χ3v) is 4.76. The molecule has 2 saturated heterocycles. The molecule has 100 valence electrons. The van der Waals surface area contributed by atoms with Gasteiger partial charge in [0, 0.05) is 6.54 Å². The van der Waals surface area contributed by atoms with E-state index in [0.717, 1.165) is 25.4 Å². The van der Waals surface area contributed by atoms with Crippen molar-refractivity contribution in [2.45, 2.75) is 57.6 Å². The van der Waals surface area contributed by atoms with Gasteiger partial charge in [-0.15, -0.1) is 0 Å². The van der Waals surface area contributed by atoms with Crippen molar-refractivity contribution in [2.75, 3.05) is 26.2 Å². The highest BCUT2D eigenvalue weighted by Crippen LogP contribution is 2.27. The summed E-state index contributed by atoms with van der Waals surface area (Å²) in [6, 6.07) is 0.312. The topological polar surface area (TPSA) is 35.5 Å². The van der Waals surface area contributed by atoms with Crippen LogP contribution in [0.3, 0.4) is 0 Å². The molecule has 0 aliphatic carbocycles. The first-order valence-corrected chi connectivity index (χ1v) is 7.30. The van der Waals surface area contributed by atoms with E-state index in [4.69, 9.17) is 0 Å². The Bertz CT molecular complexity index is 242. The lowest BCUT2D eigenvalue weighted by atomic mass is 9.88. The van der Waals surface area contributed by atoms with E-state index >= 15 is 0 Å². The van der Waals surface area contributed by atoms with E-state index in [1.807, 2.05) is 6.92 Å². The Balaban J connectivity index is 1.96. The maximum absolute atomic E-state index is 10.5. The van der Waals surface area contributed by atoms with Gasteiger partial charge >= 0.3 is 0 Å². The van der Waals surface area contributed by atoms with Gasteiger partial charge in [0.15, 0.2) is 0 Å². The molecule has 2 heterocycles. The van der Waals surface area contributed by atoms with Crippen molar-refractivity contribution in [1.82, 2.24) is 10.2 Å². The first-order valence-electron chi connectivity index (χ1n) is 7.30. The van der Waals surface area contributed by atoms with Gasteiger partial charge in [0.25, 0.3) is 0 Å². The predicted molar refractivity (Wildman–Crippen MR) is 71.1 cm³/mol. The molecule has 0 aromatic rings. The molecule has 3 atom stereocenters. The highest BCUT2D eigenvalue weighted by Gasteiger charge is 2.38. The van der Waals surface area contributed by atoms with Crippen molar-refractivity contribution >= 4 is 0 Å². The molecule has 0 saturated carbocycles. The molecule has 2 aliphatic heterocycles. The molecule has 2 N–H and O–H groups in total. The van der Waals surface area contributed by atoms with Gasteiger partial charge < -0.3 is 10.4 Å². The molecule has 2 aliphatic rings. The molecule has 3 heteroatoms. The second-order valence-corrected chi connectivity index (χ2v) is 6.07. The summed E-state index contributed by atoms with van der Waals surface area (Å²) in [5.74, 6) is 0.904. The summed E-state index contributed by atoms with van der Waals surface area (Å²) >= 11 is 0. The van der Waals surface area contributed by atoms with E-state index in [9.17, 15) is 5.11 Å². The molecular weight excluding hydrogens is 212 g/mol. The summed E-state index contributed by atoms with van der Waals surface area (Å²) in [5.41, 5.74) is -0.503. The summed E-state index contributed by atoms with van der Waals surface area (Å²) in [4.78, 5) is 2.53. The first-order chi connectivity index (χ1) is 8.13. The number of hydrogen-bond acceptors (Lipinski definition) is 3. The Morgan fingerprint density at radius 3 is 2.88 bits per heavy atom. The maximum atomic E-state index is 10.5. The second kappa shape index (κ2) is 5.68. The number of nitrogens with one attached hydrogen (secondary N) is 1. The van der Waals surface area contributed by atoms with Crippen LogP contribution < -0.4 is 5.32 Å². The molecular formula is C14H28N2O. The Morgan fingerprint density at radius 2 is 2.18 bits per heavy atom. The minimum Gasteiger partial charge on any atom is -0.388 e. The second-order valence-electron chi connectivity index (χ2n) is 6.07. The lowest BCUT2D eigenvalue weighted by molar-refractivity contribution is -0.0521. The van der Waals surface area contributed by atoms with Crippen LogP contribution in [0.2, 0.25) is 0 Å². The van der Waals surface area contributed by atoms with Gasteiger partial charge in [-0.05, 0) is 58.2 Å². The van der Waals surface area contributed by atoms with Gasteiger partial charge in [0.2, 0.25) is 0 Å². The molecule has 3 unspecified atom stereocenters. The fourth-order valence-electron chi connectivity index (χ4n) is 3.40. The van der Waals surface area contributed by atoms with Crippen molar-refractivity contribution in [3.05, 3.63) is 0 Å². The number of rotatable bonds is 2. The number of likely N-dealkylation sites (tertiary alicyclic amines) is 1. The van der Waals surface area contributed by atoms with E-state index in [-0.39, 0.29) is 0 Å². The molecule has 2 fully saturated rings. The zero-order valence-corrected chi connectivity index (χ0v) is 11.4. The third kappa shape index (κ3) is 3.21. The van der Waals surface area contributed by atoms with Crippen LogP contribution in [0.4, 0.5) is 0 Å². The number of nitrogens with zero attached hydrogens (tertiary/aromatic N) is 1. The van der Waals surface area contributed by atoms with Crippen LogP contribution >= 0.6 is 0 Å². The summed E-state index contributed by atoms with van der Waals surface area (Å²) in [5, 5.41) is 14.0. The molecule has 3 nitrogen and oxygen atoms in total. The Kier molecular flexibility index (Phi) is 4.45. The monoisotopic (exact) mass is 240 g/mol. The van der Waals surface area contributed by atoms with Crippen LogP contribution in [0.25, 0.3) is 0 Å².